The molecule has 4 aromatic rings. The van der Waals surface area contributed by atoms with Crippen LogP contribution in [0.5, 0.6) is 28.7 Å². The lowest BCUT2D eigenvalue weighted by Gasteiger charge is -2.15. The number of benzene rings is 4. The third-order valence-electron chi connectivity index (χ3n) is 6.84. The predicted molar refractivity (Wildman–Crippen MR) is 197 cm³/mol. The minimum atomic E-state index is -5.88. The van der Waals surface area contributed by atoms with Crippen LogP contribution in [0.2, 0.25) is 6.82 Å². The molecule has 53 heavy (non-hydrogen) atoms. The molecule has 12 nitrogen and oxygen atoms in total. The van der Waals surface area contributed by atoms with Crippen LogP contribution in [0.1, 0.15) is 24.0 Å². The third kappa shape index (κ3) is 13.2. The highest BCUT2D eigenvalue weighted by molar-refractivity contribution is 14.1. The largest absolute Gasteiger partial charge is 0.639 e. The van der Waals surface area contributed by atoms with Crippen molar-refractivity contribution in [1.29, 1.82) is 0 Å². The Hall–Kier alpha value is -4.34. The van der Waals surface area contributed by atoms with Crippen LogP contribution < -0.4 is 13.7 Å². The highest BCUT2D eigenvalue weighted by Crippen LogP contribution is 2.33. The minimum absolute atomic E-state index is 0.0935. The van der Waals surface area contributed by atoms with Gasteiger partial charge in [0.1, 0.15) is 28.7 Å². The zero-order chi connectivity index (χ0) is 38.4. The number of ether oxygens (including phenoxy) is 2. The normalized spacial score (nSPS) is 13.0. The zero-order valence-electron chi connectivity index (χ0n) is 27.9. The van der Waals surface area contributed by atoms with Gasteiger partial charge in [-0.15, -0.1) is 0 Å². The molecule has 0 amide bonds. The van der Waals surface area contributed by atoms with Gasteiger partial charge in [-0.2, -0.15) is 21.6 Å². The fraction of sp³-hybridized carbons (Fsp3) is 0.235. The summed E-state index contributed by atoms with van der Waals surface area (Å²) >= 11 is 2.27. The highest BCUT2D eigenvalue weighted by Gasteiger charge is 2.48. The third-order valence-corrected chi connectivity index (χ3v) is 8.85. The summed E-state index contributed by atoms with van der Waals surface area (Å²) in [7, 11) is -7.74. The van der Waals surface area contributed by atoms with Crippen LogP contribution in [-0.2, 0) is 41.9 Å². The van der Waals surface area contributed by atoms with Crippen LogP contribution in [0.15, 0.2) is 84.9 Å². The highest BCUT2D eigenvalue weighted by atomic mass is 127. The smallest absolute Gasteiger partial charge is 0.457 e. The molecule has 1 N–H and O–H groups in total. The molecule has 0 unspecified atom stereocenters. The van der Waals surface area contributed by atoms with Gasteiger partial charge in [-0.3, -0.25) is 0 Å². The average Bonchev–Trinajstić information content (AvgIpc) is 3.41. The number of alkyl halides is 3. The van der Waals surface area contributed by atoms with E-state index in [1.54, 1.807) is 24.3 Å². The summed E-state index contributed by atoms with van der Waals surface area (Å²) in [6.07, 6.45) is 1.99. The molecule has 4 aromatic carbocycles. The molecule has 19 heteroatoms. The van der Waals surface area contributed by atoms with Gasteiger partial charge in [0.25, 0.3) is 0 Å². The quantitative estimate of drug-likeness (QED) is 0.0485. The fourth-order valence-corrected chi connectivity index (χ4v) is 5.21. The second-order valence-corrected chi connectivity index (χ2v) is 13.6. The maximum absolute atomic E-state index is 12.6. The Bertz CT molecular complexity index is 2000. The molecule has 0 bridgehead atoms. The maximum atomic E-state index is 12.6. The lowest BCUT2D eigenvalue weighted by molar-refractivity contribution is -0.0500. The van der Waals surface area contributed by atoms with E-state index in [-0.39, 0.29) is 11.3 Å². The van der Waals surface area contributed by atoms with Gasteiger partial charge in [-0.05, 0) is 108 Å². The second kappa shape index (κ2) is 19.7. The topological polar surface area (TPSA) is 128 Å². The first-order valence-electron chi connectivity index (χ1n) is 15.6. The Kier molecular flexibility index (Phi) is 15.4. The van der Waals surface area contributed by atoms with Crippen LogP contribution in [0.25, 0.3) is 9.69 Å². The Morgan fingerprint density at radius 3 is 1.79 bits per heavy atom. The number of hydrogen-bond acceptors (Lipinski definition) is 10. The molecule has 0 radical (unpaired) electrons. The fourth-order valence-electron chi connectivity index (χ4n) is 4.23. The number of nitrogens with zero attached hydrogens (tertiary/aromatic N) is 2. The predicted octanol–water partition coefficient (Wildman–Crippen LogP) is 8.85. The van der Waals surface area contributed by atoms with Gasteiger partial charge in [0.05, 0.1) is 26.4 Å². The Labute approximate surface area is 318 Å². The van der Waals surface area contributed by atoms with Crippen LogP contribution >= 0.6 is 22.6 Å². The Balaban J connectivity index is 0.000000238. The molecule has 5 rings (SSSR count). The summed E-state index contributed by atoms with van der Waals surface area (Å²) in [6, 6.07) is 22.3. The van der Waals surface area contributed by atoms with Crippen molar-refractivity contribution in [2.24, 2.45) is 0 Å². The second-order valence-electron chi connectivity index (χ2n) is 10.9. The first-order valence-corrected chi connectivity index (χ1v) is 18.1. The van der Waals surface area contributed by atoms with Gasteiger partial charge in [0.15, 0.2) is 11.4 Å². The van der Waals surface area contributed by atoms with E-state index in [4.69, 9.17) is 41.2 Å². The summed E-state index contributed by atoms with van der Waals surface area (Å²) < 4.78 is 98.5. The minimum Gasteiger partial charge on any atom is -0.457 e. The van der Waals surface area contributed by atoms with Crippen molar-refractivity contribution < 1.29 is 58.9 Å². The lowest BCUT2D eigenvalue weighted by atomic mass is 9.96. The maximum Gasteiger partial charge on any atom is 0.639 e. The molecule has 0 atom stereocenters. The molecule has 1 saturated heterocycles. The van der Waals surface area contributed by atoms with Crippen LogP contribution in [0, 0.1) is 16.7 Å². The summed E-state index contributed by atoms with van der Waals surface area (Å²) in [5.74, 6) is 1.28. The summed E-state index contributed by atoms with van der Waals surface area (Å²) in [5, 5.41) is 9.20. The number of hydrogen-bond donors (Lipinski definition) is 1. The molecule has 1 fully saturated rings. The lowest BCUT2D eigenvalue weighted by Crippen LogP contribution is -2.28. The summed E-state index contributed by atoms with van der Waals surface area (Å²) in [5.41, 5.74) is -3.71. The molecule has 1 heterocycles. The van der Waals surface area contributed by atoms with E-state index in [0.29, 0.717) is 42.7 Å². The van der Waals surface area contributed by atoms with Gasteiger partial charge < -0.3 is 37.3 Å². The number of rotatable bonds is 12. The van der Waals surface area contributed by atoms with Crippen molar-refractivity contribution in [3.63, 3.8) is 0 Å². The van der Waals surface area contributed by atoms with Crippen LogP contribution in [-0.4, -0.2) is 46.6 Å². The standard InChI is InChI=1S/C18H17BINO4.C16H13BF3NO6S/c1-21-15-4-6-16(7-5-15)25-17-8-9-18(20)14(12-17)13-24-19-22-10-2-3-11-23-19;1-17(22)25-10-11-9-14(26-13-5-3-12(21-2)4-6-13)7-8-15(11)27-28(23,24)16(18,19)20/h4-9,12H,2-3,10-11,13H2;3-9,22H,10H2,1H3. The van der Waals surface area contributed by atoms with Crippen molar-refractivity contribution in [2.75, 3.05) is 13.2 Å². The van der Waals surface area contributed by atoms with Crippen LogP contribution in [0.3, 0.4) is 0 Å². The first kappa shape index (κ1) is 41.4. The van der Waals surface area contributed by atoms with E-state index in [1.807, 2.05) is 18.2 Å². The summed E-state index contributed by atoms with van der Waals surface area (Å²) in [6.45, 7) is 16.4. The van der Waals surface area contributed by atoms with Crippen molar-refractivity contribution in [2.45, 2.75) is 38.4 Å². The van der Waals surface area contributed by atoms with E-state index in [1.165, 1.54) is 43.2 Å². The van der Waals surface area contributed by atoms with Gasteiger partial charge in [-0.1, -0.05) is 24.3 Å². The van der Waals surface area contributed by atoms with Gasteiger partial charge in [0.2, 0.25) is 0 Å². The first-order chi connectivity index (χ1) is 25.3. The molecule has 0 aliphatic carbocycles. The molecular formula is C34H30B2F3IN2O10S. The van der Waals surface area contributed by atoms with Crippen molar-refractivity contribution in [3.05, 3.63) is 122 Å². The molecule has 0 saturated carbocycles. The molecule has 0 aromatic heterocycles. The molecule has 0 spiro atoms. The Morgan fingerprint density at radius 1 is 0.811 bits per heavy atom. The molecular weight excluding hydrogens is 834 g/mol. The van der Waals surface area contributed by atoms with Gasteiger partial charge in [0, 0.05) is 22.3 Å². The molecule has 276 valence electrons. The number of halogens is 4. The van der Waals surface area contributed by atoms with Crippen LogP contribution in [0.4, 0.5) is 24.5 Å². The van der Waals surface area contributed by atoms with E-state index in [0.717, 1.165) is 33.8 Å². The van der Waals surface area contributed by atoms with E-state index < -0.39 is 42.4 Å². The molecule has 1 aliphatic rings. The van der Waals surface area contributed by atoms with E-state index in [2.05, 4.69) is 36.5 Å². The van der Waals surface area contributed by atoms with Crippen molar-refractivity contribution in [3.8, 4) is 28.7 Å². The van der Waals surface area contributed by atoms with E-state index >= 15 is 0 Å². The van der Waals surface area contributed by atoms with Gasteiger partial charge >= 0.3 is 30.1 Å². The monoisotopic (exact) mass is 864 g/mol. The van der Waals surface area contributed by atoms with Gasteiger partial charge in [-0.25, -0.2) is 9.69 Å². The molecule has 1 aliphatic heterocycles. The van der Waals surface area contributed by atoms with Crippen molar-refractivity contribution in [1.82, 2.24) is 0 Å². The Morgan fingerprint density at radius 2 is 1.30 bits per heavy atom. The SMILES string of the molecule is [C-]#[N+]c1ccc(Oc2ccc(I)c(COB3OCCCCO3)c2)cc1.[C-]#[N+]c1ccc(Oc2ccc(OS(=O)(=O)C(F)(F)F)c(COB(C)O)c2)cc1. The average molecular weight is 864 g/mol. The summed E-state index contributed by atoms with van der Waals surface area (Å²) in [4.78, 5) is 6.60. The zero-order valence-corrected chi connectivity index (χ0v) is 30.9. The van der Waals surface area contributed by atoms with Crippen molar-refractivity contribution >= 4 is 58.5 Å². The van der Waals surface area contributed by atoms with E-state index in [9.17, 15) is 26.6 Å².